The summed E-state index contributed by atoms with van der Waals surface area (Å²) in [6.07, 6.45) is 0.404. The number of nitrogens with one attached hydrogen (secondary N) is 8. The summed E-state index contributed by atoms with van der Waals surface area (Å²) in [5, 5.41) is 24.1. The molecule has 10 N–H and O–H groups in total. The number of carbonyl (C=O) groups excluding carboxylic acids is 8. The Hall–Kier alpha value is -9.30. The molecule has 9 rings (SSSR count). The van der Waals surface area contributed by atoms with Gasteiger partial charge in [-0.05, 0) is 72.6 Å². The molecule has 0 spiro atoms. The predicted octanol–water partition coefficient (Wildman–Crippen LogP) is 1.10. The van der Waals surface area contributed by atoms with Gasteiger partial charge >= 0.3 is 0 Å². The highest BCUT2D eigenvalue weighted by atomic mass is 16.5. The molecule has 4 aliphatic rings. The number of anilines is 1. The third-order valence-corrected chi connectivity index (χ3v) is 15.7. The molecule has 5 aromatic rings. The molecule has 4 heterocycles. The van der Waals surface area contributed by atoms with Crippen molar-refractivity contribution in [1.29, 1.82) is 0 Å². The molecule has 1 atom stereocenters. The van der Waals surface area contributed by atoms with E-state index in [2.05, 4.69) is 52.3 Å². The molecule has 0 radical (unpaired) electrons. The molecule has 5 aromatic carbocycles. The molecule has 12 bridgehead atoms. The highest BCUT2D eigenvalue weighted by Crippen LogP contribution is 2.28. The Morgan fingerprint density at radius 2 is 0.580 bits per heavy atom. The first-order valence-electron chi connectivity index (χ1n) is 29.4. The second kappa shape index (κ2) is 31.9. The van der Waals surface area contributed by atoms with Gasteiger partial charge in [0.2, 0.25) is 0 Å². The standard InChI is InChI=1S/C63H79N13O12/c1-85-52-44-9-5-13-48(52)60(81)69-25-33-75-34-26-70-61(82)49-14-6-10-45(53(49)86-2)57(78)66-22-30-73(29-21-65-56(44)77)37-38-74-31-23-67-58(79)46-11-7-15-50(54(46)87-3)62(83)71-27-35-76(43(40-75)39-41-17-19-42(64)20-18-41)36-28-72-63(84)51-16-8-12-47(55(51)88-4)59(80)68-24-32-74/h5-20,43H,21-40,64H2,1-4H3,(H,65,77)(H,66,78)(H,67,79)(H,68,80)(H,69,81)(H,70,82)(H,71,83)(H,72,84). The predicted molar refractivity (Wildman–Crippen MR) is 330 cm³/mol. The van der Waals surface area contributed by atoms with Crippen molar-refractivity contribution in [2.24, 2.45) is 0 Å². The number of amides is 8. The van der Waals surface area contributed by atoms with Crippen LogP contribution in [0.4, 0.5) is 5.69 Å². The second-order valence-corrected chi connectivity index (χ2v) is 21.2. The Balaban J connectivity index is 1.27. The van der Waals surface area contributed by atoms with Gasteiger partial charge in [0.05, 0.1) is 72.9 Å². The minimum atomic E-state index is -0.495. The molecular weight excluding hydrogens is 1130 g/mol. The first kappa shape index (κ1) is 64.7. The number of rotatable bonds is 6. The average Bonchev–Trinajstić information content (AvgIpc) is 3.67. The topological polar surface area (TPSA) is 309 Å². The van der Waals surface area contributed by atoms with Gasteiger partial charge in [0.15, 0.2) is 0 Å². The molecule has 1 unspecified atom stereocenters. The maximum absolute atomic E-state index is 14.3. The lowest BCUT2D eigenvalue weighted by Crippen LogP contribution is -2.52. The number of fused-ring (bicyclic) bond motifs is 16. The molecule has 0 aromatic heterocycles. The summed E-state index contributed by atoms with van der Waals surface area (Å²) in [7, 11) is 5.57. The van der Waals surface area contributed by atoms with Crippen molar-refractivity contribution in [1.82, 2.24) is 62.1 Å². The highest BCUT2D eigenvalue weighted by molar-refractivity contribution is 6.07. The molecule has 25 heteroatoms. The van der Waals surface area contributed by atoms with Crippen molar-refractivity contribution in [3.63, 3.8) is 0 Å². The van der Waals surface area contributed by atoms with E-state index in [1.165, 1.54) is 28.4 Å². The molecular formula is C63H79N13O12. The lowest BCUT2D eigenvalue weighted by Gasteiger charge is -2.36. The van der Waals surface area contributed by atoms with Gasteiger partial charge < -0.3 is 67.2 Å². The van der Waals surface area contributed by atoms with E-state index in [0.717, 1.165) is 5.56 Å². The summed E-state index contributed by atoms with van der Waals surface area (Å²) in [5.74, 6) is -3.61. The summed E-state index contributed by atoms with van der Waals surface area (Å²) in [4.78, 5) is 122. The highest BCUT2D eigenvalue weighted by Gasteiger charge is 2.29. The van der Waals surface area contributed by atoms with Gasteiger partial charge in [-0.25, -0.2) is 0 Å². The molecule has 8 amide bonds. The number of para-hydroxylation sites is 4. The van der Waals surface area contributed by atoms with Gasteiger partial charge in [-0.2, -0.15) is 0 Å². The van der Waals surface area contributed by atoms with Crippen molar-refractivity contribution >= 4 is 52.9 Å². The first-order chi connectivity index (χ1) is 42.7. The molecule has 0 fully saturated rings. The summed E-state index contributed by atoms with van der Waals surface area (Å²) in [6.45, 7) is 3.73. The van der Waals surface area contributed by atoms with Crippen molar-refractivity contribution in [3.05, 3.63) is 147 Å². The zero-order chi connectivity index (χ0) is 62.5. The molecule has 0 saturated heterocycles. The molecule has 4 aliphatic heterocycles. The number of hydrogen-bond donors (Lipinski definition) is 9. The second-order valence-electron chi connectivity index (χ2n) is 21.2. The van der Waals surface area contributed by atoms with Crippen LogP contribution in [0, 0.1) is 0 Å². The van der Waals surface area contributed by atoms with Crippen LogP contribution in [-0.2, 0) is 6.42 Å². The van der Waals surface area contributed by atoms with E-state index in [1.807, 2.05) is 21.9 Å². The third-order valence-electron chi connectivity index (χ3n) is 15.7. The minimum absolute atomic E-state index is 0.0753. The van der Waals surface area contributed by atoms with Crippen LogP contribution in [0.2, 0.25) is 0 Å². The molecule has 0 saturated carbocycles. The van der Waals surface area contributed by atoms with Crippen LogP contribution in [0.15, 0.2) is 97.1 Å². The van der Waals surface area contributed by atoms with E-state index in [9.17, 15) is 38.4 Å². The zero-order valence-electron chi connectivity index (χ0n) is 50.2. The Kier molecular flexibility index (Phi) is 23.5. The largest absolute Gasteiger partial charge is 0.495 e. The number of benzene rings is 5. The number of nitrogens with two attached hydrogens (primary N) is 1. The fourth-order valence-electron chi connectivity index (χ4n) is 11.1. The van der Waals surface area contributed by atoms with Crippen molar-refractivity contribution < 1.29 is 57.3 Å². The van der Waals surface area contributed by atoms with Crippen molar-refractivity contribution in [2.75, 3.05) is 159 Å². The molecule has 0 aliphatic carbocycles. The van der Waals surface area contributed by atoms with Gasteiger partial charge in [0, 0.05) is 136 Å². The van der Waals surface area contributed by atoms with E-state index in [4.69, 9.17) is 24.7 Å². The van der Waals surface area contributed by atoms with Crippen LogP contribution in [0.25, 0.3) is 0 Å². The Labute approximate surface area is 511 Å². The summed E-state index contributed by atoms with van der Waals surface area (Å²) in [5.41, 5.74) is 8.72. The first-order valence-corrected chi connectivity index (χ1v) is 29.4. The number of hydrogen-bond acceptors (Lipinski definition) is 17. The maximum Gasteiger partial charge on any atom is 0.255 e. The van der Waals surface area contributed by atoms with Crippen LogP contribution in [0.1, 0.15) is 88.4 Å². The van der Waals surface area contributed by atoms with E-state index >= 15 is 0 Å². The Morgan fingerprint density at radius 1 is 0.341 bits per heavy atom. The monoisotopic (exact) mass is 1210 g/mol. The summed E-state index contributed by atoms with van der Waals surface area (Å²) >= 11 is 0. The lowest BCUT2D eigenvalue weighted by atomic mass is 10.0. The molecule has 468 valence electrons. The Bertz CT molecular complexity index is 3130. The molecule has 88 heavy (non-hydrogen) atoms. The van der Waals surface area contributed by atoms with Crippen LogP contribution in [0.5, 0.6) is 23.0 Å². The van der Waals surface area contributed by atoms with Crippen LogP contribution in [0.3, 0.4) is 0 Å². The number of nitrogen functional groups attached to an aromatic ring is 1. The fraction of sp³-hybridized carbons (Fsp3) is 0.397. The Morgan fingerprint density at radius 3 is 0.830 bits per heavy atom. The summed E-state index contributed by atoms with van der Waals surface area (Å²) in [6, 6.07) is 26.0. The number of ether oxygens (including phenoxy) is 4. The summed E-state index contributed by atoms with van der Waals surface area (Å²) < 4.78 is 23.1. The fourth-order valence-corrected chi connectivity index (χ4v) is 11.1. The van der Waals surface area contributed by atoms with Crippen LogP contribution in [-0.4, -0.2) is 226 Å². The van der Waals surface area contributed by atoms with Gasteiger partial charge in [0.25, 0.3) is 47.3 Å². The normalized spacial score (nSPS) is 21.2. The van der Waals surface area contributed by atoms with Gasteiger partial charge in [0.1, 0.15) is 23.0 Å². The number of nitrogens with zero attached hydrogens (tertiary/aromatic N) is 4. The zero-order valence-corrected chi connectivity index (χ0v) is 50.2. The van der Waals surface area contributed by atoms with Crippen molar-refractivity contribution in [2.45, 2.75) is 12.5 Å². The smallest absolute Gasteiger partial charge is 0.255 e. The van der Waals surface area contributed by atoms with E-state index < -0.39 is 53.3 Å². The molecule has 25 nitrogen and oxygen atoms in total. The number of carbonyl (C=O) groups is 8. The van der Waals surface area contributed by atoms with Gasteiger partial charge in [-0.15, -0.1) is 0 Å². The van der Waals surface area contributed by atoms with Gasteiger partial charge in [-0.1, -0.05) is 36.4 Å². The minimum Gasteiger partial charge on any atom is -0.495 e. The number of methoxy groups -OCH3 is 4. The van der Waals surface area contributed by atoms with E-state index in [0.29, 0.717) is 25.2 Å². The van der Waals surface area contributed by atoms with Gasteiger partial charge in [-0.3, -0.25) is 58.0 Å². The van der Waals surface area contributed by atoms with Crippen LogP contribution < -0.4 is 67.2 Å². The van der Waals surface area contributed by atoms with E-state index in [1.54, 1.807) is 84.9 Å². The lowest BCUT2D eigenvalue weighted by molar-refractivity contribution is 0.0890. The average molecular weight is 1210 g/mol. The maximum atomic E-state index is 14.3. The van der Waals surface area contributed by atoms with Crippen molar-refractivity contribution in [3.8, 4) is 23.0 Å². The van der Waals surface area contributed by atoms with E-state index in [-0.39, 0.29) is 179 Å². The quantitative estimate of drug-likeness (QED) is 0.108. The van der Waals surface area contributed by atoms with Crippen LogP contribution >= 0.6 is 0 Å². The third kappa shape index (κ3) is 16.8. The SMILES string of the molecule is COc1c2cccc1C(=O)NCCN1CCNC(=O)c3cccc(c3OC)C(=O)NCCN(CCNC2=O)CCN2CCNC(=O)c3cccc(c3OC)C(=O)NCCN(CCNC(=O)c3cccc(c3OC)C(=O)NCC2)C(Cc2ccc(N)cc2)C1.